The molecule has 0 bridgehead atoms. The summed E-state index contributed by atoms with van der Waals surface area (Å²) in [7, 11) is 0. The molecular weight excluding hydrogens is 220 g/mol. The molecule has 0 spiro atoms. The Balaban J connectivity index is 1.86. The zero-order valence-corrected chi connectivity index (χ0v) is 11.8. The number of rotatable bonds is 6. The van der Waals surface area contributed by atoms with Crippen LogP contribution in [-0.4, -0.2) is 12.6 Å². The Bertz CT molecular complexity index is 373. The van der Waals surface area contributed by atoms with E-state index in [0.717, 1.165) is 13.1 Å². The Labute approximate surface area is 111 Å². The van der Waals surface area contributed by atoms with E-state index in [1.165, 1.54) is 48.9 Å². The van der Waals surface area contributed by atoms with Crippen molar-refractivity contribution in [2.45, 2.75) is 58.5 Å². The number of fused-ring (bicyclic) bond motifs is 1. The van der Waals surface area contributed by atoms with Crippen molar-refractivity contribution in [3.05, 3.63) is 29.3 Å². The first kappa shape index (κ1) is 13.4. The van der Waals surface area contributed by atoms with Gasteiger partial charge in [-0.05, 0) is 43.4 Å². The first-order chi connectivity index (χ1) is 8.79. The maximum absolute atomic E-state index is 3.62. The summed E-state index contributed by atoms with van der Waals surface area (Å²) in [6.45, 7) is 6.66. The van der Waals surface area contributed by atoms with Crippen molar-refractivity contribution < 1.29 is 0 Å². The Hall–Kier alpha value is -1.02. The highest BCUT2D eigenvalue weighted by atomic mass is 14.9. The van der Waals surface area contributed by atoms with E-state index in [1.807, 2.05) is 0 Å². The minimum Gasteiger partial charge on any atom is -0.385 e. The quantitative estimate of drug-likeness (QED) is 0.799. The van der Waals surface area contributed by atoms with Crippen LogP contribution >= 0.6 is 0 Å². The van der Waals surface area contributed by atoms with Gasteiger partial charge in [0.2, 0.25) is 0 Å². The predicted molar refractivity (Wildman–Crippen MR) is 79.1 cm³/mol. The minimum atomic E-state index is 0.624. The van der Waals surface area contributed by atoms with Gasteiger partial charge in [0.05, 0.1) is 0 Å². The van der Waals surface area contributed by atoms with Crippen molar-refractivity contribution in [2.75, 3.05) is 11.9 Å². The van der Waals surface area contributed by atoms with Gasteiger partial charge in [0, 0.05) is 24.8 Å². The van der Waals surface area contributed by atoms with Crippen LogP contribution in [0.2, 0.25) is 0 Å². The van der Waals surface area contributed by atoms with Crippen molar-refractivity contribution >= 4 is 5.69 Å². The van der Waals surface area contributed by atoms with Gasteiger partial charge in [0.15, 0.2) is 0 Å². The maximum atomic E-state index is 3.62. The smallest absolute Gasteiger partial charge is 0.0372 e. The van der Waals surface area contributed by atoms with Crippen LogP contribution < -0.4 is 10.6 Å². The van der Waals surface area contributed by atoms with Gasteiger partial charge in [-0.25, -0.2) is 0 Å². The second-order valence-electron chi connectivity index (χ2n) is 5.45. The molecule has 2 N–H and O–H groups in total. The Morgan fingerprint density at radius 1 is 1.39 bits per heavy atom. The molecule has 1 aromatic carbocycles. The molecule has 0 aliphatic carbocycles. The molecule has 1 aliphatic heterocycles. The van der Waals surface area contributed by atoms with Gasteiger partial charge in [-0.2, -0.15) is 0 Å². The molecule has 2 heteroatoms. The van der Waals surface area contributed by atoms with E-state index in [0.29, 0.717) is 6.04 Å². The zero-order valence-electron chi connectivity index (χ0n) is 11.8. The second-order valence-corrected chi connectivity index (χ2v) is 5.45. The summed E-state index contributed by atoms with van der Waals surface area (Å²) in [6.07, 6.45) is 6.38. The van der Waals surface area contributed by atoms with Crippen LogP contribution in [-0.2, 0) is 13.0 Å². The largest absolute Gasteiger partial charge is 0.385 e. The topological polar surface area (TPSA) is 24.1 Å². The van der Waals surface area contributed by atoms with Crippen molar-refractivity contribution in [3.63, 3.8) is 0 Å². The third-order valence-corrected chi connectivity index (χ3v) is 3.75. The van der Waals surface area contributed by atoms with E-state index in [-0.39, 0.29) is 0 Å². The van der Waals surface area contributed by atoms with E-state index in [2.05, 4.69) is 42.7 Å². The molecule has 1 heterocycles. The van der Waals surface area contributed by atoms with Crippen molar-refractivity contribution in [1.29, 1.82) is 0 Å². The normalized spacial score (nSPS) is 15.9. The summed E-state index contributed by atoms with van der Waals surface area (Å²) in [5.41, 5.74) is 4.24. The van der Waals surface area contributed by atoms with Gasteiger partial charge >= 0.3 is 0 Å². The summed E-state index contributed by atoms with van der Waals surface area (Å²) in [5.74, 6) is 0. The highest BCUT2D eigenvalue weighted by Gasteiger charge is 2.09. The lowest BCUT2D eigenvalue weighted by molar-refractivity contribution is 0.495. The molecule has 0 amide bonds. The van der Waals surface area contributed by atoms with Crippen LogP contribution in [0, 0.1) is 0 Å². The molecule has 1 atom stereocenters. The molecule has 1 aromatic rings. The lowest BCUT2D eigenvalue weighted by Gasteiger charge is -2.19. The van der Waals surface area contributed by atoms with E-state index in [1.54, 1.807) is 0 Å². The van der Waals surface area contributed by atoms with Gasteiger partial charge < -0.3 is 10.6 Å². The summed E-state index contributed by atoms with van der Waals surface area (Å²) in [6, 6.07) is 7.47. The van der Waals surface area contributed by atoms with E-state index < -0.39 is 0 Å². The number of nitrogens with one attached hydrogen (secondary N) is 2. The molecule has 0 aromatic heterocycles. The number of unbranched alkanes of at least 4 members (excludes halogenated alkanes) is 1. The average Bonchev–Trinajstić information content (AvgIpc) is 2.42. The lowest BCUT2D eigenvalue weighted by Crippen LogP contribution is -2.25. The van der Waals surface area contributed by atoms with Crippen molar-refractivity contribution in [1.82, 2.24) is 5.32 Å². The molecule has 18 heavy (non-hydrogen) atoms. The molecule has 1 unspecified atom stereocenters. The lowest BCUT2D eigenvalue weighted by atomic mass is 10.0. The van der Waals surface area contributed by atoms with Gasteiger partial charge in [0.25, 0.3) is 0 Å². The van der Waals surface area contributed by atoms with E-state index in [9.17, 15) is 0 Å². The molecule has 0 radical (unpaired) electrons. The molecule has 0 fully saturated rings. The van der Waals surface area contributed by atoms with Crippen molar-refractivity contribution in [3.8, 4) is 0 Å². The van der Waals surface area contributed by atoms with E-state index >= 15 is 0 Å². The number of hydrogen-bond acceptors (Lipinski definition) is 2. The third-order valence-electron chi connectivity index (χ3n) is 3.75. The molecule has 0 saturated carbocycles. The Kier molecular flexibility index (Phi) is 5.06. The highest BCUT2D eigenvalue weighted by molar-refractivity contribution is 5.54. The van der Waals surface area contributed by atoms with Crippen LogP contribution in [0.3, 0.4) is 0 Å². The maximum Gasteiger partial charge on any atom is 0.0372 e. The van der Waals surface area contributed by atoms with Crippen LogP contribution in [0.5, 0.6) is 0 Å². The molecule has 2 nitrogen and oxygen atoms in total. The molecule has 1 aliphatic rings. The summed E-state index contributed by atoms with van der Waals surface area (Å²) < 4.78 is 0. The summed E-state index contributed by atoms with van der Waals surface area (Å²) in [5, 5.41) is 7.08. The molecule has 2 rings (SSSR count). The number of benzene rings is 1. The number of aryl methyl sites for hydroxylation is 1. The predicted octanol–water partition coefficient (Wildman–Crippen LogP) is 3.71. The summed E-state index contributed by atoms with van der Waals surface area (Å²) >= 11 is 0. The third kappa shape index (κ3) is 3.74. The Morgan fingerprint density at radius 3 is 3.11 bits per heavy atom. The SMILES string of the molecule is CCCCC(C)NCc1ccc2c(c1)CCCN2. The first-order valence-corrected chi connectivity index (χ1v) is 7.38. The van der Waals surface area contributed by atoms with E-state index in [4.69, 9.17) is 0 Å². The fraction of sp³-hybridized carbons (Fsp3) is 0.625. The van der Waals surface area contributed by atoms with Crippen molar-refractivity contribution in [2.24, 2.45) is 0 Å². The van der Waals surface area contributed by atoms with Crippen LogP contribution in [0.15, 0.2) is 18.2 Å². The van der Waals surface area contributed by atoms with Crippen LogP contribution in [0.25, 0.3) is 0 Å². The van der Waals surface area contributed by atoms with Gasteiger partial charge in [-0.3, -0.25) is 0 Å². The average molecular weight is 246 g/mol. The number of hydrogen-bond donors (Lipinski definition) is 2. The standard InChI is InChI=1S/C16H26N2/c1-3-4-6-13(2)18-12-14-8-9-16-15(11-14)7-5-10-17-16/h8-9,11,13,17-18H,3-7,10,12H2,1-2H3. The fourth-order valence-corrected chi connectivity index (χ4v) is 2.54. The van der Waals surface area contributed by atoms with Crippen LogP contribution in [0.1, 0.15) is 50.7 Å². The zero-order chi connectivity index (χ0) is 12.8. The minimum absolute atomic E-state index is 0.624. The molecule has 0 saturated heterocycles. The van der Waals surface area contributed by atoms with Gasteiger partial charge in [-0.1, -0.05) is 31.9 Å². The molecular formula is C16H26N2. The summed E-state index contributed by atoms with van der Waals surface area (Å²) in [4.78, 5) is 0. The van der Waals surface area contributed by atoms with Crippen LogP contribution in [0.4, 0.5) is 5.69 Å². The van der Waals surface area contributed by atoms with Gasteiger partial charge in [0.1, 0.15) is 0 Å². The highest BCUT2D eigenvalue weighted by Crippen LogP contribution is 2.22. The fourth-order valence-electron chi connectivity index (χ4n) is 2.54. The monoisotopic (exact) mass is 246 g/mol. The van der Waals surface area contributed by atoms with Gasteiger partial charge in [-0.15, -0.1) is 0 Å². The Morgan fingerprint density at radius 2 is 2.28 bits per heavy atom. The molecule has 100 valence electrons. The first-order valence-electron chi connectivity index (χ1n) is 7.38. The second kappa shape index (κ2) is 6.79. The number of anilines is 1.